The lowest BCUT2D eigenvalue weighted by molar-refractivity contribution is 0.100. The first-order valence-electron chi connectivity index (χ1n) is 4.18. The zero-order valence-electron chi connectivity index (χ0n) is 7.66. The number of nitrogens with one attached hydrogen (secondary N) is 1. The summed E-state index contributed by atoms with van der Waals surface area (Å²) < 4.78 is 0. The van der Waals surface area contributed by atoms with Crippen molar-refractivity contribution in [3.05, 3.63) is 27.5 Å². The SMILES string of the molecule is Cc1c(C2=CCNO2)csc1C(N)=O. The Bertz CT molecular complexity index is 409. The first-order valence-corrected chi connectivity index (χ1v) is 5.06. The highest BCUT2D eigenvalue weighted by Crippen LogP contribution is 2.28. The van der Waals surface area contributed by atoms with Gasteiger partial charge in [-0.2, -0.15) is 5.48 Å². The molecule has 14 heavy (non-hydrogen) atoms. The highest BCUT2D eigenvalue weighted by Gasteiger charge is 2.17. The number of thiophene rings is 1. The normalized spacial score (nSPS) is 15.1. The summed E-state index contributed by atoms with van der Waals surface area (Å²) in [6.07, 6.45) is 1.93. The van der Waals surface area contributed by atoms with Gasteiger partial charge in [0.25, 0.3) is 5.91 Å². The van der Waals surface area contributed by atoms with Crippen LogP contribution in [0.4, 0.5) is 0 Å². The van der Waals surface area contributed by atoms with Crippen molar-refractivity contribution in [3.8, 4) is 0 Å². The van der Waals surface area contributed by atoms with Crippen LogP contribution >= 0.6 is 11.3 Å². The van der Waals surface area contributed by atoms with Crippen LogP contribution in [0.15, 0.2) is 11.5 Å². The van der Waals surface area contributed by atoms with Gasteiger partial charge >= 0.3 is 0 Å². The standard InChI is InChI=1S/C9H10N2O2S/c1-5-6(7-2-3-11-13-7)4-14-8(5)9(10)12/h2,4,11H,3H2,1H3,(H2,10,12). The van der Waals surface area contributed by atoms with Gasteiger partial charge in [-0.1, -0.05) is 0 Å². The summed E-state index contributed by atoms with van der Waals surface area (Å²) in [5.74, 6) is 0.386. The van der Waals surface area contributed by atoms with Gasteiger partial charge in [-0.3, -0.25) is 4.79 Å². The largest absolute Gasteiger partial charge is 0.408 e. The van der Waals surface area contributed by atoms with Crippen molar-refractivity contribution in [2.75, 3.05) is 6.54 Å². The minimum absolute atomic E-state index is 0.384. The third-order valence-electron chi connectivity index (χ3n) is 2.08. The van der Waals surface area contributed by atoms with E-state index in [0.29, 0.717) is 11.4 Å². The molecule has 1 aliphatic rings. The van der Waals surface area contributed by atoms with Gasteiger partial charge in [-0.15, -0.1) is 11.3 Å². The summed E-state index contributed by atoms with van der Waals surface area (Å²) in [6, 6.07) is 0. The van der Waals surface area contributed by atoms with Crippen LogP contribution in [0.3, 0.4) is 0 Å². The van der Waals surface area contributed by atoms with Crippen LogP contribution in [0.25, 0.3) is 5.76 Å². The quantitative estimate of drug-likeness (QED) is 0.766. The Labute approximate surface area is 85.3 Å². The molecule has 74 valence electrons. The second kappa shape index (κ2) is 3.43. The van der Waals surface area contributed by atoms with Gasteiger partial charge in [0, 0.05) is 10.9 Å². The zero-order valence-corrected chi connectivity index (χ0v) is 8.48. The van der Waals surface area contributed by atoms with E-state index in [4.69, 9.17) is 10.6 Å². The van der Waals surface area contributed by atoms with Crippen molar-refractivity contribution in [1.29, 1.82) is 0 Å². The lowest BCUT2D eigenvalue weighted by atomic mass is 10.1. The van der Waals surface area contributed by atoms with Gasteiger partial charge in [0.15, 0.2) is 5.76 Å². The number of hydroxylamine groups is 1. The van der Waals surface area contributed by atoms with Crippen LogP contribution in [0.5, 0.6) is 0 Å². The van der Waals surface area contributed by atoms with Crippen LogP contribution < -0.4 is 11.2 Å². The first-order chi connectivity index (χ1) is 6.70. The lowest BCUT2D eigenvalue weighted by Crippen LogP contribution is -2.10. The Hall–Kier alpha value is -1.33. The van der Waals surface area contributed by atoms with Crippen molar-refractivity contribution in [3.63, 3.8) is 0 Å². The smallest absolute Gasteiger partial charge is 0.259 e. The fourth-order valence-electron chi connectivity index (χ4n) is 1.36. The van der Waals surface area contributed by atoms with Gasteiger partial charge < -0.3 is 10.6 Å². The molecule has 4 nitrogen and oxygen atoms in total. The Kier molecular flexibility index (Phi) is 2.26. The Balaban J connectivity index is 2.40. The average molecular weight is 210 g/mol. The van der Waals surface area contributed by atoms with Crippen LogP contribution in [0, 0.1) is 6.92 Å². The van der Waals surface area contributed by atoms with E-state index in [1.165, 1.54) is 11.3 Å². The minimum Gasteiger partial charge on any atom is -0.408 e. The molecule has 1 aromatic heterocycles. The molecule has 5 heteroatoms. The molecule has 0 atom stereocenters. The van der Waals surface area contributed by atoms with E-state index in [1.54, 1.807) is 0 Å². The van der Waals surface area contributed by atoms with E-state index in [2.05, 4.69) is 5.48 Å². The first kappa shape index (κ1) is 9.23. The molecule has 0 fully saturated rings. The van der Waals surface area contributed by atoms with Gasteiger partial charge in [0.2, 0.25) is 0 Å². The third-order valence-corrected chi connectivity index (χ3v) is 3.18. The van der Waals surface area contributed by atoms with E-state index in [9.17, 15) is 4.79 Å². The van der Waals surface area contributed by atoms with Crippen LogP contribution in [-0.2, 0) is 4.84 Å². The summed E-state index contributed by atoms with van der Waals surface area (Å²) in [6.45, 7) is 2.56. The number of primary amides is 1. The van der Waals surface area contributed by atoms with Crippen molar-refractivity contribution in [1.82, 2.24) is 5.48 Å². The maximum Gasteiger partial charge on any atom is 0.259 e. The summed E-state index contributed by atoms with van der Waals surface area (Å²) in [4.78, 5) is 16.8. The van der Waals surface area contributed by atoms with Crippen molar-refractivity contribution in [2.24, 2.45) is 5.73 Å². The van der Waals surface area contributed by atoms with E-state index >= 15 is 0 Å². The number of hydrogen-bond donors (Lipinski definition) is 2. The fourth-order valence-corrected chi connectivity index (χ4v) is 2.29. The molecule has 2 heterocycles. The van der Waals surface area contributed by atoms with Crippen molar-refractivity contribution < 1.29 is 9.63 Å². The third kappa shape index (κ3) is 1.40. The molecule has 3 N–H and O–H groups in total. The molecule has 0 bridgehead atoms. The van der Waals surface area contributed by atoms with E-state index in [0.717, 1.165) is 16.9 Å². The molecule has 0 spiro atoms. The monoisotopic (exact) mass is 210 g/mol. The van der Waals surface area contributed by atoms with Crippen LogP contribution in [0.2, 0.25) is 0 Å². The molecule has 0 radical (unpaired) electrons. The predicted octanol–water partition coefficient (Wildman–Crippen LogP) is 1.03. The molecule has 1 aromatic rings. The van der Waals surface area contributed by atoms with Crippen LogP contribution in [-0.4, -0.2) is 12.5 Å². The number of hydrogen-bond acceptors (Lipinski definition) is 4. The number of carbonyl (C=O) groups excluding carboxylic acids is 1. The van der Waals surface area contributed by atoms with Gasteiger partial charge in [0.05, 0.1) is 11.4 Å². The second-order valence-electron chi connectivity index (χ2n) is 2.99. The maximum absolute atomic E-state index is 11.0. The van der Waals surface area contributed by atoms with Crippen molar-refractivity contribution >= 4 is 23.0 Å². The van der Waals surface area contributed by atoms with E-state index in [-0.39, 0.29) is 5.91 Å². The predicted molar refractivity (Wildman–Crippen MR) is 54.6 cm³/mol. The molecule has 1 amide bonds. The number of rotatable bonds is 2. The lowest BCUT2D eigenvalue weighted by Gasteiger charge is -2.01. The molecular weight excluding hydrogens is 200 g/mol. The molecular formula is C9H10N2O2S. The highest BCUT2D eigenvalue weighted by atomic mass is 32.1. The van der Waals surface area contributed by atoms with Crippen molar-refractivity contribution in [2.45, 2.75) is 6.92 Å². The topological polar surface area (TPSA) is 64.3 Å². The van der Waals surface area contributed by atoms with Gasteiger partial charge in [-0.05, 0) is 18.6 Å². The Morgan fingerprint density at radius 2 is 2.50 bits per heavy atom. The summed E-state index contributed by atoms with van der Waals surface area (Å²) >= 11 is 1.35. The molecule has 2 rings (SSSR count). The summed E-state index contributed by atoms with van der Waals surface area (Å²) in [5, 5.41) is 1.88. The molecule has 1 aliphatic heterocycles. The summed E-state index contributed by atoms with van der Waals surface area (Å²) in [7, 11) is 0. The summed E-state index contributed by atoms with van der Waals surface area (Å²) in [5.41, 5.74) is 9.78. The van der Waals surface area contributed by atoms with Crippen LogP contribution in [0.1, 0.15) is 20.8 Å². The molecule has 0 aromatic carbocycles. The Morgan fingerprint density at radius 1 is 1.71 bits per heavy atom. The molecule has 0 saturated carbocycles. The Morgan fingerprint density at radius 3 is 3.00 bits per heavy atom. The minimum atomic E-state index is -0.384. The molecule has 0 aliphatic carbocycles. The average Bonchev–Trinajstić information content (AvgIpc) is 2.71. The second-order valence-corrected chi connectivity index (χ2v) is 3.87. The number of carbonyl (C=O) groups is 1. The van der Waals surface area contributed by atoms with E-state index < -0.39 is 0 Å². The van der Waals surface area contributed by atoms with Gasteiger partial charge in [0.1, 0.15) is 0 Å². The van der Waals surface area contributed by atoms with E-state index in [1.807, 2.05) is 18.4 Å². The fraction of sp³-hybridized carbons (Fsp3) is 0.222. The van der Waals surface area contributed by atoms with Gasteiger partial charge in [-0.25, -0.2) is 0 Å². The molecule has 0 unspecified atom stereocenters. The highest BCUT2D eigenvalue weighted by molar-refractivity contribution is 7.12. The zero-order chi connectivity index (χ0) is 10.1. The molecule has 0 saturated heterocycles. The number of nitrogens with two attached hydrogens (primary N) is 1. The number of amides is 1. The maximum atomic E-state index is 11.0.